The molecule has 0 saturated carbocycles. The topological polar surface area (TPSA) is 100 Å². The van der Waals surface area contributed by atoms with Crippen LogP contribution in [0.1, 0.15) is 60.1 Å². The van der Waals surface area contributed by atoms with Crippen molar-refractivity contribution < 1.29 is 9.53 Å². The van der Waals surface area contributed by atoms with Gasteiger partial charge in [0.15, 0.2) is 10.7 Å². The first kappa shape index (κ1) is 23.9. The number of fused-ring (bicyclic) bond motifs is 2. The number of aromatic nitrogens is 5. The third kappa shape index (κ3) is 4.23. The van der Waals surface area contributed by atoms with Crippen molar-refractivity contribution in [2.75, 3.05) is 32.8 Å². The number of morpholine rings is 1. The number of hydrogen-bond donors (Lipinski definition) is 2. The lowest BCUT2D eigenvalue weighted by Crippen LogP contribution is -2.55. The van der Waals surface area contributed by atoms with Crippen molar-refractivity contribution in [2.24, 2.45) is 0 Å². The van der Waals surface area contributed by atoms with Crippen molar-refractivity contribution in [3.8, 4) is 11.3 Å². The van der Waals surface area contributed by atoms with Crippen molar-refractivity contribution >= 4 is 33.2 Å². The molecule has 186 valence electrons. The number of carbonyl (C=O) groups excluding carboxylic acids is 1. The Morgan fingerprint density at radius 2 is 2.00 bits per heavy atom. The molecule has 0 unspecified atom stereocenters. The maximum Gasteiger partial charge on any atom is 0.280 e. The first-order chi connectivity index (χ1) is 16.7. The zero-order valence-electron chi connectivity index (χ0n) is 21.2. The second-order valence-electron chi connectivity index (χ2n) is 10.2. The minimum absolute atomic E-state index is 0.131. The monoisotopic (exact) mass is 495 g/mol. The number of aromatic amines is 1. The Morgan fingerprint density at radius 3 is 2.71 bits per heavy atom. The van der Waals surface area contributed by atoms with Crippen molar-refractivity contribution in [3.63, 3.8) is 0 Å². The number of aryl methyl sites for hydroxylation is 1. The van der Waals surface area contributed by atoms with E-state index in [0.29, 0.717) is 11.6 Å². The van der Waals surface area contributed by atoms with Crippen LogP contribution in [0.2, 0.25) is 0 Å². The van der Waals surface area contributed by atoms with E-state index in [9.17, 15) is 4.79 Å². The standard InChI is InChI=1S/C25H33N7O2S/c1-14(2)18-19(17-11-32-21(27-13-28-32)16(4)15(17)3)29-23-20(18)30-24(35-23)22(33)26-12-25(5,6)31-7-9-34-10-8-31/h11,13-14,29H,7-10,12H2,1-6H3,(H,26,33). The summed E-state index contributed by atoms with van der Waals surface area (Å²) >= 11 is 1.41. The van der Waals surface area contributed by atoms with E-state index >= 15 is 0 Å². The van der Waals surface area contributed by atoms with Crippen LogP contribution in [0, 0.1) is 13.8 Å². The Bertz CT molecular complexity index is 1390. The molecule has 4 aromatic heterocycles. The van der Waals surface area contributed by atoms with E-state index in [-0.39, 0.29) is 17.4 Å². The van der Waals surface area contributed by atoms with E-state index in [1.165, 1.54) is 11.3 Å². The van der Waals surface area contributed by atoms with Gasteiger partial charge in [-0.05, 0) is 44.7 Å². The molecule has 0 radical (unpaired) electrons. The number of thiazole rings is 1. The fourth-order valence-corrected chi connectivity index (χ4v) is 5.77. The zero-order chi connectivity index (χ0) is 24.9. The Kier molecular flexibility index (Phi) is 6.14. The summed E-state index contributed by atoms with van der Waals surface area (Å²) in [6.07, 6.45) is 3.60. The molecule has 0 bridgehead atoms. The second-order valence-corrected chi connectivity index (χ2v) is 11.2. The lowest BCUT2D eigenvalue weighted by atomic mass is 9.96. The van der Waals surface area contributed by atoms with Crippen LogP contribution in [0.4, 0.5) is 0 Å². The van der Waals surface area contributed by atoms with Crippen LogP contribution in [0.25, 0.3) is 27.3 Å². The molecule has 0 atom stereocenters. The molecule has 1 aliphatic rings. The highest BCUT2D eigenvalue weighted by atomic mass is 32.1. The number of ether oxygens (including phenoxy) is 1. The van der Waals surface area contributed by atoms with Crippen LogP contribution in [-0.2, 0) is 4.74 Å². The lowest BCUT2D eigenvalue weighted by molar-refractivity contribution is -0.00923. The Morgan fingerprint density at radius 1 is 1.26 bits per heavy atom. The molecule has 5 rings (SSSR count). The van der Waals surface area contributed by atoms with Gasteiger partial charge < -0.3 is 15.0 Å². The highest BCUT2D eigenvalue weighted by molar-refractivity contribution is 7.20. The van der Waals surface area contributed by atoms with Gasteiger partial charge in [0, 0.05) is 42.5 Å². The molecule has 0 aliphatic carbocycles. The van der Waals surface area contributed by atoms with Gasteiger partial charge in [-0.2, -0.15) is 5.10 Å². The number of H-pyrrole nitrogens is 1. The fraction of sp³-hybridized carbons (Fsp3) is 0.520. The number of rotatable bonds is 6. The summed E-state index contributed by atoms with van der Waals surface area (Å²) in [6.45, 7) is 16.6. The van der Waals surface area contributed by atoms with Gasteiger partial charge in [0.1, 0.15) is 16.7 Å². The Balaban J connectivity index is 1.44. The third-order valence-corrected chi connectivity index (χ3v) is 8.08. The summed E-state index contributed by atoms with van der Waals surface area (Å²) in [7, 11) is 0. The van der Waals surface area contributed by atoms with E-state index < -0.39 is 0 Å². The van der Waals surface area contributed by atoms with Crippen LogP contribution in [0.15, 0.2) is 12.5 Å². The maximum atomic E-state index is 13.1. The molecule has 0 spiro atoms. The van der Waals surface area contributed by atoms with Crippen LogP contribution in [-0.4, -0.2) is 73.8 Å². The summed E-state index contributed by atoms with van der Waals surface area (Å²) in [6, 6.07) is 0. The molecular formula is C25H33N7O2S. The summed E-state index contributed by atoms with van der Waals surface area (Å²) in [5, 5.41) is 7.94. The number of nitrogens with one attached hydrogen (secondary N) is 2. The first-order valence-electron chi connectivity index (χ1n) is 12.1. The van der Waals surface area contributed by atoms with E-state index in [1.54, 1.807) is 6.33 Å². The molecule has 1 fully saturated rings. The van der Waals surface area contributed by atoms with Gasteiger partial charge in [0.2, 0.25) is 0 Å². The molecule has 1 aliphatic heterocycles. The molecule has 9 nitrogen and oxygen atoms in total. The van der Waals surface area contributed by atoms with Gasteiger partial charge >= 0.3 is 0 Å². The van der Waals surface area contributed by atoms with Gasteiger partial charge in [-0.15, -0.1) is 0 Å². The van der Waals surface area contributed by atoms with Crippen molar-refractivity contribution in [1.29, 1.82) is 0 Å². The molecular weight excluding hydrogens is 462 g/mol. The van der Waals surface area contributed by atoms with Crippen LogP contribution >= 0.6 is 11.3 Å². The second kappa shape index (κ2) is 9.00. The highest BCUT2D eigenvalue weighted by Crippen LogP contribution is 2.39. The molecule has 0 aromatic carbocycles. The highest BCUT2D eigenvalue weighted by Gasteiger charge is 2.30. The predicted octanol–water partition coefficient (Wildman–Crippen LogP) is 3.91. The van der Waals surface area contributed by atoms with Gasteiger partial charge in [0.05, 0.1) is 18.9 Å². The van der Waals surface area contributed by atoms with E-state index in [2.05, 4.69) is 66.8 Å². The number of amides is 1. The van der Waals surface area contributed by atoms with Crippen LogP contribution in [0.3, 0.4) is 0 Å². The van der Waals surface area contributed by atoms with Crippen molar-refractivity contribution in [1.82, 2.24) is 34.8 Å². The molecule has 4 aromatic rings. The number of carbonyl (C=O) groups is 1. The zero-order valence-corrected chi connectivity index (χ0v) is 22.0. The average molecular weight is 496 g/mol. The van der Waals surface area contributed by atoms with Gasteiger partial charge in [-0.25, -0.2) is 14.5 Å². The third-order valence-electron chi connectivity index (χ3n) is 7.11. The van der Waals surface area contributed by atoms with E-state index in [4.69, 9.17) is 9.72 Å². The quantitative estimate of drug-likeness (QED) is 0.421. The first-order valence-corrected chi connectivity index (χ1v) is 12.9. The molecule has 5 heterocycles. The molecule has 10 heteroatoms. The number of hydrogen-bond acceptors (Lipinski definition) is 7. The summed E-state index contributed by atoms with van der Waals surface area (Å²) in [4.78, 5) is 29.1. The van der Waals surface area contributed by atoms with E-state index in [1.807, 2.05) is 10.7 Å². The summed E-state index contributed by atoms with van der Waals surface area (Å²) in [5.74, 6) is 0.0939. The Labute approximate surface area is 208 Å². The molecule has 35 heavy (non-hydrogen) atoms. The minimum atomic E-state index is -0.150. The van der Waals surface area contributed by atoms with Gasteiger partial charge in [-0.3, -0.25) is 9.69 Å². The van der Waals surface area contributed by atoms with Crippen LogP contribution < -0.4 is 5.32 Å². The predicted molar refractivity (Wildman–Crippen MR) is 138 cm³/mol. The summed E-state index contributed by atoms with van der Waals surface area (Å²) < 4.78 is 7.29. The average Bonchev–Trinajstić information content (AvgIpc) is 3.54. The maximum absolute atomic E-state index is 13.1. The van der Waals surface area contributed by atoms with E-state index in [0.717, 1.165) is 70.2 Å². The minimum Gasteiger partial charge on any atom is -0.379 e. The molecule has 1 saturated heterocycles. The van der Waals surface area contributed by atoms with Crippen LogP contribution in [0.5, 0.6) is 0 Å². The van der Waals surface area contributed by atoms with Gasteiger partial charge in [0.25, 0.3) is 5.91 Å². The Hall–Kier alpha value is -2.82. The molecule has 2 N–H and O–H groups in total. The fourth-order valence-electron chi connectivity index (χ4n) is 4.86. The largest absolute Gasteiger partial charge is 0.379 e. The van der Waals surface area contributed by atoms with Gasteiger partial charge in [-0.1, -0.05) is 25.2 Å². The van der Waals surface area contributed by atoms with Crippen molar-refractivity contribution in [3.05, 3.63) is 34.2 Å². The lowest BCUT2D eigenvalue weighted by Gasteiger charge is -2.40. The SMILES string of the molecule is Cc1c(-c2[nH]c3sc(C(=O)NCC(C)(C)N4CCOCC4)nc3c2C(C)C)cn2ncnc2c1C. The smallest absolute Gasteiger partial charge is 0.280 e. The van der Waals surface area contributed by atoms with Crippen molar-refractivity contribution in [2.45, 2.75) is 53.0 Å². The summed E-state index contributed by atoms with van der Waals surface area (Å²) in [5.41, 5.74) is 7.07. The number of pyridine rings is 1. The normalized spacial score (nSPS) is 15.5. The number of nitrogens with zero attached hydrogens (tertiary/aromatic N) is 5. The molecule has 1 amide bonds.